The van der Waals surface area contributed by atoms with Crippen molar-refractivity contribution in [2.24, 2.45) is 0 Å². The molecular weight excluding hydrogens is 210 g/mol. The first-order valence-corrected chi connectivity index (χ1v) is 5.67. The molecule has 2 nitrogen and oxygen atoms in total. The van der Waals surface area contributed by atoms with Gasteiger partial charge in [-0.3, -0.25) is 0 Å². The van der Waals surface area contributed by atoms with Gasteiger partial charge < -0.3 is 4.42 Å². The molecule has 15 heavy (non-hydrogen) atoms. The van der Waals surface area contributed by atoms with Crippen molar-refractivity contribution >= 4 is 22.7 Å². The minimum absolute atomic E-state index is 0.614. The van der Waals surface area contributed by atoms with E-state index < -0.39 is 0 Å². The van der Waals surface area contributed by atoms with Crippen LogP contribution in [0.25, 0.3) is 11.1 Å². The van der Waals surface area contributed by atoms with Crippen molar-refractivity contribution in [3.8, 4) is 0 Å². The van der Waals surface area contributed by atoms with Crippen LogP contribution in [0.5, 0.6) is 0 Å². The van der Waals surface area contributed by atoms with Gasteiger partial charge >= 0.3 is 0 Å². The highest BCUT2D eigenvalue weighted by atomic mass is 35.5. The minimum Gasteiger partial charge on any atom is -0.439 e. The topological polar surface area (TPSA) is 26.0 Å². The number of halogens is 1. The SMILES string of the molecule is CC.CC.Cc1nc2cccc(Cl)c2o1. The van der Waals surface area contributed by atoms with Crippen LogP contribution in [0, 0.1) is 6.92 Å². The summed E-state index contributed by atoms with van der Waals surface area (Å²) in [5.74, 6) is 0.646. The van der Waals surface area contributed by atoms with Gasteiger partial charge in [0.05, 0.1) is 5.02 Å². The van der Waals surface area contributed by atoms with Crippen LogP contribution < -0.4 is 0 Å². The summed E-state index contributed by atoms with van der Waals surface area (Å²) < 4.78 is 5.26. The van der Waals surface area contributed by atoms with E-state index in [9.17, 15) is 0 Å². The van der Waals surface area contributed by atoms with E-state index in [4.69, 9.17) is 16.0 Å². The van der Waals surface area contributed by atoms with Crippen molar-refractivity contribution in [2.45, 2.75) is 34.6 Å². The summed E-state index contributed by atoms with van der Waals surface area (Å²) in [6.07, 6.45) is 0. The lowest BCUT2D eigenvalue weighted by Crippen LogP contribution is -1.67. The summed E-state index contributed by atoms with van der Waals surface area (Å²) >= 11 is 5.84. The Morgan fingerprint density at radius 3 is 2.27 bits per heavy atom. The summed E-state index contributed by atoms with van der Waals surface area (Å²) in [4.78, 5) is 4.12. The van der Waals surface area contributed by atoms with Crippen LogP contribution in [-0.2, 0) is 0 Å². The Kier molecular flexibility index (Phi) is 6.80. The van der Waals surface area contributed by atoms with Crippen LogP contribution in [0.1, 0.15) is 33.6 Å². The van der Waals surface area contributed by atoms with Crippen LogP contribution in [0.15, 0.2) is 22.6 Å². The average molecular weight is 228 g/mol. The molecule has 0 aliphatic carbocycles. The standard InChI is InChI=1S/C8H6ClNO.2C2H6/c1-5-10-7-4-2-3-6(9)8(7)11-5;2*1-2/h2-4H,1H3;2*1-2H3. The third-order valence-corrected chi connectivity index (χ3v) is 1.77. The van der Waals surface area contributed by atoms with E-state index in [1.54, 1.807) is 13.0 Å². The first kappa shape index (κ1) is 14.0. The maximum atomic E-state index is 5.84. The second-order valence-corrected chi connectivity index (χ2v) is 2.73. The largest absolute Gasteiger partial charge is 0.439 e. The molecule has 84 valence electrons. The number of aryl methyl sites for hydroxylation is 1. The van der Waals surface area contributed by atoms with Crippen LogP contribution in [-0.4, -0.2) is 4.98 Å². The maximum absolute atomic E-state index is 5.84. The first-order chi connectivity index (χ1) is 7.27. The van der Waals surface area contributed by atoms with E-state index in [1.807, 2.05) is 39.8 Å². The Labute approximate surface area is 96.3 Å². The van der Waals surface area contributed by atoms with E-state index in [0.717, 1.165) is 5.52 Å². The molecule has 0 fully saturated rings. The fourth-order valence-corrected chi connectivity index (χ4v) is 1.23. The predicted molar refractivity (Wildman–Crippen MR) is 66.5 cm³/mol. The molecule has 0 radical (unpaired) electrons. The molecule has 0 spiro atoms. The molecule has 3 heteroatoms. The van der Waals surface area contributed by atoms with Crippen LogP contribution in [0.2, 0.25) is 5.02 Å². The Hall–Kier alpha value is -1.02. The van der Waals surface area contributed by atoms with Crippen molar-refractivity contribution in [1.29, 1.82) is 0 Å². The predicted octanol–water partition coefficient (Wildman–Crippen LogP) is 4.84. The van der Waals surface area contributed by atoms with Gasteiger partial charge in [0.1, 0.15) is 5.52 Å². The van der Waals surface area contributed by atoms with Crippen molar-refractivity contribution in [3.63, 3.8) is 0 Å². The van der Waals surface area contributed by atoms with E-state index in [0.29, 0.717) is 16.5 Å². The number of rotatable bonds is 0. The molecule has 1 aromatic heterocycles. The van der Waals surface area contributed by atoms with Crippen LogP contribution >= 0.6 is 11.6 Å². The van der Waals surface area contributed by atoms with E-state index in [-0.39, 0.29) is 0 Å². The lowest BCUT2D eigenvalue weighted by atomic mass is 10.3. The second-order valence-electron chi connectivity index (χ2n) is 2.32. The van der Waals surface area contributed by atoms with Crippen LogP contribution in [0.4, 0.5) is 0 Å². The number of oxazole rings is 1. The Morgan fingerprint density at radius 2 is 1.73 bits per heavy atom. The monoisotopic (exact) mass is 227 g/mol. The van der Waals surface area contributed by atoms with E-state index in [2.05, 4.69) is 4.98 Å². The molecule has 0 amide bonds. The second kappa shape index (κ2) is 7.30. The van der Waals surface area contributed by atoms with Gasteiger partial charge in [-0.15, -0.1) is 0 Å². The van der Waals surface area contributed by atoms with Crippen molar-refractivity contribution < 1.29 is 4.42 Å². The maximum Gasteiger partial charge on any atom is 0.192 e. The molecule has 0 aliphatic rings. The molecule has 0 atom stereocenters. The molecule has 0 saturated heterocycles. The fraction of sp³-hybridized carbons (Fsp3) is 0.417. The fourth-order valence-electron chi connectivity index (χ4n) is 1.03. The van der Waals surface area contributed by atoms with Crippen LogP contribution in [0.3, 0.4) is 0 Å². The highest BCUT2D eigenvalue weighted by molar-refractivity contribution is 6.34. The summed E-state index contributed by atoms with van der Waals surface area (Å²) in [5, 5.41) is 0.614. The van der Waals surface area contributed by atoms with Gasteiger partial charge in [-0.25, -0.2) is 4.98 Å². The lowest BCUT2D eigenvalue weighted by molar-refractivity contribution is 0.561. The summed E-state index contributed by atoms with van der Waals surface area (Å²) in [7, 11) is 0. The van der Waals surface area contributed by atoms with E-state index in [1.165, 1.54) is 0 Å². The highest BCUT2D eigenvalue weighted by Crippen LogP contribution is 2.23. The number of benzene rings is 1. The first-order valence-electron chi connectivity index (χ1n) is 5.29. The van der Waals surface area contributed by atoms with Gasteiger partial charge in [0.15, 0.2) is 11.5 Å². The molecular formula is C12H18ClNO. The van der Waals surface area contributed by atoms with E-state index >= 15 is 0 Å². The third-order valence-electron chi connectivity index (χ3n) is 1.47. The molecule has 0 N–H and O–H groups in total. The Bertz CT molecular complexity index is 395. The number of fused-ring (bicyclic) bond motifs is 1. The zero-order chi connectivity index (χ0) is 11.8. The molecule has 1 heterocycles. The molecule has 0 unspecified atom stereocenters. The molecule has 0 saturated carbocycles. The summed E-state index contributed by atoms with van der Waals surface area (Å²) in [6.45, 7) is 9.80. The number of aromatic nitrogens is 1. The zero-order valence-electron chi connectivity index (χ0n) is 9.97. The van der Waals surface area contributed by atoms with Crippen molar-refractivity contribution in [1.82, 2.24) is 4.98 Å². The van der Waals surface area contributed by atoms with Gasteiger partial charge in [-0.05, 0) is 12.1 Å². The lowest BCUT2D eigenvalue weighted by Gasteiger charge is -1.86. The van der Waals surface area contributed by atoms with Gasteiger partial charge in [-0.2, -0.15) is 0 Å². The smallest absolute Gasteiger partial charge is 0.192 e. The average Bonchev–Trinajstić information content (AvgIpc) is 2.66. The van der Waals surface area contributed by atoms with Gasteiger partial charge in [0, 0.05) is 6.92 Å². The Morgan fingerprint density at radius 1 is 1.13 bits per heavy atom. The minimum atomic E-state index is 0.614. The third kappa shape index (κ3) is 3.56. The number of nitrogens with zero attached hydrogens (tertiary/aromatic N) is 1. The molecule has 2 aromatic rings. The zero-order valence-corrected chi connectivity index (χ0v) is 10.7. The Balaban J connectivity index is 0.000000442. The number of hydrogen-bond acceptors (Lipinski definition) is 2. The molecule has 1 aromatic carbocycles. The van der Waals surface area contributed by atoms with Gasteiger partial charge in [0.25, 0.3) is 0 Å². The highest BCUT2D eigenvalue weighted by Gasteiger charge is 2.03. The molecule has 0 bridgehead atoms. The molecule has 2 rings (SSSR count). The normalized spacial score (nSPS) is 8.67. The van der Waals surface area contributed by atoms with Gasteiger partial charge in [-0.1, -0.05) is 45.4 Å². The number of hydrogen-bond donors (Lipinski definition) is 0. The van der Waals surface area contributed by atoms with Crippen molar-refractivity contribution in [2.75, 3.05) is 0 Å². The quantitative estimate of drug-likeness (QED) is 0.644. The summed E-state index contributed by atoms with van der Waals surface area (Å²) in [5.41, 5.74) is 1.49. The van der Waals surface area contributed by atoms with Crippen molar-refractivity contribution in [3.05, 3.63) is 29.1 Å². The van der Waals surface area contributed by atoms with Gasteiger partial charge in [0.2, 0.25) is 0 Å². The summed E-state index contributed by atoms with van der Waals surface area (Å²) in [6, 6.07) is 5.51. The number of para-hydroxylation sites is 1. The molecule has 0 aliphatic heterocycles.